The third-order valence-electron chi connectivity index (χ3n) is 7.19. The molecule has 1 spiro atoms. The molecule has 3 saturated heterocycles. The van der Waals surface area contributed by atoms with Crippen LogP contribution in [0.15, 0.2) is 0 Å². The molecule has 1 aliphatic carbocycles. The Bertz CT molecular complexity index is 506. The number of rotatable bonds is 5. The summed E-state index contributed by atoms with van der Waals surface area (Å²) in [5, 5.41) is 0. The van der Waals surface area contributed by atoms with Gasteiger partial charge in [-0.2, -0.15) is 0 Å². The van der Waals surface area contributed by atoms with E-state index in [2.05, 4.69) is 13.8 Å². The molecule has 3 aliphatic heterocycles. The Kier molecular flexibility index (Phi) is 4.20. The third kappa shape index (κ3) is 2.36. The van der Waals surface area contributed by atoms with E-state index in [0.29, 0.717) is 11.8 Å². The van der Waals surface area contributed by atoms with Gasteiger partial charge in [0, 0.05) is 12.3 Å². The van der Waals surface area contributed by atoms with E-state index in [1.54, 1.807) is 0 Å². The minimum absolute atomic E-state index is 0.00263. The lowest BCUT2D eigenvalue weighted by Crippen LogP contribution is -2.65. The van der Waals surface area contributed by atoms with Gasteiger partial charge in [0.2, 0.25) is 6.29 Å². The van der Waals surface area contributed by atoms with Crippen LogP contribution in [0.3, 0.4) is 0 Å². The lowest BCUT2D eigenvalue weighted by molar-refractivity contribution is -0.265. The van der Waals surface area contributed by atoms with Crippen LogP contribution in [-0.2, 0) is 19.0 Å². The van der Waals surface area contributed by atoms with Gasteiger partial charge in [0.15, 0.2) is 5.79 Å². The van der Waals surface area contributed by atoms with Crippen LogP contribution >= 0.6 is 0 Å². The van der Waals surface area contributed by atoms with E-state index in [1.165, 1.54) is 25.7 Å². The molecule has 4 heteroatoms. The smallest absolute Gasteiger partial charge is 0.311 e. The first-order chi connectivity index (χ1) is 11.5. The van der Waals surface area contributed by atoms with E-state index in [-0.39, 0.29) is 23.4 Å². The summed E-state index contributed by atoms with van der Waals surface area (Å²) in [4.78, 5) is 12.7. The van der Waals surface area contributed by atoms with Crippen LogP contribution < -0.4 is 0 Å². The van der Waals surface area contributed by atoms with E-state index in [9.17, 15) is 4.79 Å². The zero-order valence-corrected chi connectivity index (χ0v) is 15.4. The first-order valence-corrected chi connectivity index (χ1v) is 10.1. The highest BCUT2D eigenvalue weighted by atomic mass is 16.8. The van der Waals surface area contributed by atoms with Crippen molar-refractivity contribution in [1.82, 2.24) is 0 Å². The number of fused-ring (bicyclic) bond motifs is 1. The molecule has 4 rings (SSSR count). The highest BCUT2D eigenvalue weighted by molar-refractivity contribution is 5.74. The average molecular weight is 336 g/mol. The predicted octanol–water partition coefficient (Wildman–Crippen LogP) is 4.41. The van der Waals surface area contributed by atoms with Crippen molar-refractivity contribution in [2.45, 2.75) is 96.2 Å². The quantitative estimate of drug-likeness (QED) is 0.551. The van der Waals surface area contributed by atoms with Crippen molar-refractivity contribution in [3.8, 4) is 0 Å². The summed E-state index contributed by atoms with van der Waals surface area (Å²) in [6.07, 6.45) is 9.56. The molecule has 2 bridgehead atoms. The maximum absolute atomic E-state index is 12.7. The second-order valence-electron chi connectivity index (χ2n) is 8.74. The molecule has 4 nitrogen and oxygen atoms in total. The van der Waals surface area contributed by atoms with Crippen LogP contribution in [0.4, 0.5) is 0 Å². The van der Waals surface area contributed by atoms with Gasteiger partial charge in [-0.05, 0) is 44.4 Å². The number of esters is 1. The second-order valence-corrected chi connectivity index (χ2v) is 8.74. The van der Waals surface area contributed by atoms with Crippen LogP contribution in [0.1, 0.15) is 78.6 Å². The van der Waals surface area contributed by atoms with Gasteiger partial charge in [-0.3, -0.25) is 4.79 Å². The largest absolute Gasteiger partial charge is 0.432 e. The lowest BCUT2D eigenvalue weighted by atomic mass is 9.56. The number of ether oxygens (including phenoxy) is 3. The summed E-state index contributed by atoms with van der Waals surface area (Å²) in [6, 6.07) is 0. The van der Waals surface area contributed by atoms with Crippen LogP contribution in [0.2, 0.25) is 0 Å². The molecule has 3 heterocycles. The Labute approximate surface area is 145 Å². The van der Waals surface area contributed by atoms with E-state index in [1.807, 2.05) is 6.92 Å². The number of hydrogen-bond acceptors (Lipinski definition) is 4. The van der Waals surface area contributed by atoms with Gasteiger partial charge in [0.1, 0.15) is 5.60 Å². The van der Waals surface area contributed by atoms with Crippen molar-refractivity contribution < 1.29 is 19.0 Å². The minimum Gasteiger partial charge on any atom is -0.432 e. The normalized spacial score (nSPS) is 49.6. The van der Waals surface area contributed by atoms with Crippen molar-refractivity contribution in [3.05, 3.63) is 0 Å². The van der Waals surface area contributed by atoms with E-state index in [4.69, 9.17) is 14.2 Å². The molecule has 0 amide bonds. The number of unbranched alkanes of at least 4 members (excludes halogenated alkanes) is 3. The van der Waals surface area contributed by atoms with Crippen LogP contribution in [-0.4, -0.2) is 23.6 Å². The molecule has 4 fully saturated rings. The van der Waals surface area contributed by atoms with Crippen LogP contribution in [0.25, 0.3) is 0 Å². The van der Waals surface area contributed by atoms with E-state index in [0.717, 1.165) is 32.1 Å². The van der Waals surface area contributed by atoms with Gasteiger partial charge in [0.05, 0.1) is 5.92 Å². The molecule has 24 heavy (non-hydrogen) atoms. The van der Waals surface area contributed by atoms with Gasteiger partial charge in [0.25, 0.3) is 0 Å². The molecular formula is C20H32O4. The number of hydrogen-bond donors (Lipinski definition) is 0. The fraction of sp³-hybridized carbons (Fsp3) is 0.950. The molecule has 0 aromatic heterocycles. The fourth-order valence-electron chi connectivity index (χ4n) is 5.99. The van der Waals surface area contributed by atoms with Crippen molar-refractivity contribution in [3.63, 3.8) is 0 Å². The zero-order chi connectivity index (χ0) is 16.9. The number of carbonyl (C=O) groups is 1. The van der Waals surface area contributed by atoms with Gasteiger partial charge in [-0.1, -0.05) is 39.5 Å². The molecule has 136 valence electrons. The van der Waals surface area contributed by atoms with Gasteiger partial charge >= 0.3 is 5.97 Å². The highest BCUT2D eigenvalue weighted by Crippen LogP contribution is 2.63. The maximum atomic E-state index is 12.7. The molecule has 7 atom stereocenters. The van der Waals surface area contributed by atoms with E-state index >= 15 is 0 Å². The summed E-state index contributed by atoms with van der Waals surface area (Å²) in [6.45, 7) is 6.58. The molecule has 0 aromatic carbocycles. The first kappa shape index (κ1) is 16.8. The van der Waals surface area contributed by atoms with Crippen LogP contribution in [0, 0.1) is 23.7 Å². The molecule has 1 saturated carbocycles. The predicted molar refractivity (Wildman–Crippen MR) is 90.0 cm³/mol. The topological polar surface area (TPSA) is 44.8 Å². The third-order valence-corrected chi connectivity index (χ3v) is 7.19. The van der Waals surface area contributed by atoms with Crippen molar-refractivity contribution in [2.75, 3.05) is 0 Å². The average Bonchev–Trinajstić information content (AvgIpc) is 2.76. The molecule has 0 aromatic rings. The SMILES string of the molecule is CCCCCCC1C(=O)OC2OC3(C)CCC4C(C)CCC1C24O3. The van der Waals surface area contributed by atoms with Crippen molar-refractivity contribution in [1.29, 1.82) is 0 Å². The molecule has 0 N–H and O–H groups in total. The van der Waals surface area contributed by atoms with Gasteiger partial charge in [-0.25, -0.2) is 0 Å². The Balaban J connectivity index is 1.61. The van der Waals surface area contributed by atoms with Crippen molar-refractivity contribution >= 4 is 5.97 Å². The summed E-state index contributed by atoms with van der Waals surface area (Å²) in [5.74, 6) is 0.745. The standard InChI is InChI=1S/C20H32O4/c1-4-5-6-7-8-14-16-10-9-13(2)15-11-12-19(3)23-18(22-17(14)21)20(15,16)24-19/h13-16,18H,4-12H2,1-3H3. The minimum atomic E-state index is -0.562. The highest BCUT2D eigenvalue weighted by Gasteiger charge is 2.72. The summed E-state index contributed by atoms with van der Waals surface area (Å²) < 4.78 is 18.6. The Morgan fingerprint density at radius 3 is 2.75 bits per heavy atom. The summed E-state index contributed by atoms with van der Waals surface area (Å²) >= 11 is 0. The Morgan fingerprint density at radius 1 is 1.12 bits per heavy atom. The van der Waals surface area contributed by atoms with Crippen LogP contribution in [0.5, 0.6) is 0 Å². The molecule has 7 unspecified atom stereocenters. The molecular weight excluding hydrogens is 304 g/mol. The second kappa shape index (κ2) is 5.98. The Morgan fingerprint density at radius 2 is 1.96 bits per heavy atom. The van der Waals surface area contributed by atoms with Gasteiger partial charge in [-0.15, -0.1) is 0 Å². The summed E-state index contributed by atoms with van der Waals surface area (Å²) in [7, 11) is 0. The summed E-state index contributed by atoms with van der Waals surface area (Å²) in [5.41, 5.74) is -0.381. The monoisotopic (exact) mass is 336 g/mol. The van der Waals surface area contributed by atoms with E-state index < -0.39 is 12.1 Å². The van der Waals surface area contributed by atoms with Crippen molar-refractivity contribution in [2.24, 2.45) is 23.7 Å². The zero-order valence-electron chi connectivity index (χ0n) is 15.4. The molecule has 4 aliphatic rings. The fourth-order valence-corrected chi connectivity index (χ4v) is 5.99. The lowest BCUT2D eigenvalue weighted by Gasteiger charge is -2.56. The molecule has 0 radical (unpaired) electrons. The Hall–Kier alpha value is -0.610. The maximum Gasteiger partial charge on any atom is 0.311 e. The number of carbonyl (C=O) groups excluding carboxylic acids is 1. The van der Waals surface area contributed by atoms with Gasteiger partial charge < -0.3 is 14.2 Å². The first-order valence-electron chi connectivity index (χ1n) is 10.1.